The molecule has 1 N–H and O–H groups in total. The summed E-state index contributed by atoms with van der Waals surface area (Å²) in [7, 11) is 0. The third-order valence-corrected chi connectivity index (χ3v) is 2.96. The molecule has 0 atom stereocenters. The molecule has 2 rings (SSSR count). The lowest BCUT2D eigenvalue weighted by Crippen LogP contribution is -2.24. The van der Waals surface area contributed by atoms with Gasteiger partial charge in [-0.05, 0) is 23.8 Å². The number of amides is 1. The number of hydrogen-bond donors (Lipinski definition) is 1. The molecule has 19 heavy (non-hydrogen) atoms. The predicted octanol–water partition coefficient (Wildman–Crippen LogP) is 3.55. The van der Waals surface area contributed by atoms with Gasteiger partial charge in [0.15, 0.2) is 11.6 Å². The summed E-state index contributed by atoms with van der Waals surface area (Å²) in [5, 5.41) is 3.00. The largest absolute Gasteiger partial charge is 0.348 e. The van der Waals surface area contributed by atoms with Crippen molar-refractivity contribution >= 4 is 17.5 Å². The highest BCUT2D eigenvalue weighted by molar-refractivity contribution is 6.31. The molecule has 2 aromatic carbocycles. The summed E-state index contributed by atoms with van der Waals surface area (Å²) in [6, 6.07) is 10.4. The van der Waals surface area contributed by atoms with E-state index in [9.17, 15) is 13.6 Å². The van der Waals surface area contributed by atoms with Gasteiger partial charge in [-0.15, -0.1) is 0 Å². The van der Waals surface area contributed by atoms with Crippen LogP contribution in [0.1, 0.15) is 15.9 Å². The molecular formula is C14H10ClF2NO. The molecule has 0 aromatic heterocycles. The average Bonchev–Trinajstić information content (AvgIpc) is 2.40. The fourth-order valence-corrected chi connectivity index (χ4v) is 1.79. The predicted molar refractivity (Wildman–Crippen MR) is 69.0 cm³/mol. The van der Waals surface area contributed by atoms with Gasteiger partial charge >= 0.3 is 0 Å². The highest BCUT2D eigenvalue weighted by Gasteiger charge is 2.14. The normalized spacial score (nSPS) is 10.3. The van der Waals surface area contributed by atoms with Gasteiger partial charge in [-0.1, -0.05) is 35.9 Å². The molecule has 0 radical (unpaired) electrons. The zero-order chi connectivity index (χ0) is 13.8. The Morgan fingerprint density at radius 2 is 1.84 bits per heavy atom. The van der Waals surface area contributed by atoms with E-state index in [4.69, 9.17) is 11.6 Å². The molecule has 0 fully saturated rings. The Labute approximate surface area is 114 Å². The van der Waals surface area contributed by atoms with E-state index in [1.165, 1.54) is 12.1 Å². The molecular weight excluding hydrogens is 272 g/mol. The van der Waals surface area contributed by atoms with Gasteiger partial charge in [0, 0.05) is 11.6 Å². The van der Waals surface area contributed by atoms with Gasteiger partial charge in [0.1, 0.15) is 0 Å². The topological polar surface area (TPSA) is 29.1 Å². The minimum Gasteiger partial charge on any atom is -0.348 e. The molecule has 1 amide bonds. The van der Waals surface area contributed by atoms with Gasteiger partial charge in [-0.25, -0.2) is 8.78 Å². The van der Waals surface area contributed by atoms with Crippen LogP contribution in [0.2, 0.25) is 5.02 Å². The first kappa shape index (κ1) is 13.5. The zero-order valence-electron chi connectivity index (χ0n) is 9.79. The first-order valence-electron chi connectivity index (χ1n) is 5.55. The van der Waals surface area contributed by atoms with Crippen LogP contribution in [0.25, 0.3) is 0 Å². The number of hydrogen-bond acceptors (Lipinski definition) is 1. The lowest BCUT2D eigenvalue weighted by Gasteiger charge is -2.07. The highest BCUT2D eigenvalue weighted by atomic mass is 35.5. The van der Waals surface area contributed by atoms with E-state index in [0.717, 1.165) is 6.07 Å². The van der Waals surface area contributed by atoms with E-state index in [0.29, 0.717) is 10.6 Å². The monoisotopic (exact) mass is 281 g/mol. The third-order valence-electron chi connectivity index (χ3n) is 2.59. The molecule has 0 aliphatic rings. The van der Waals surface area contributed by atoms with Gasteiger partial charge in [0.25, 0.3) is 5.91 Å². The Kier molecular flexibility index (Phi) is 4.12. The van der Waals surface area contributed by atoms with Crippen molar-refractivity contribution in [2.75, 3.05) is 0 Å². The summed E-state index contributed by atoms with van der Waals surface area (Å²) in [5.74, 6) is -2.89. The van der Waals surface area contributed by atoms with E-state index in [1.54, 1.807) is 24.3 Å². The molecule has 0 saturated carbocycles. The molecule has 2 aromatic rings. The number of nitrogens with one attached hydrogen (secondary N) is 1. The fourth-order valence-electron chi connectivity index (χ4n) is 1.59. The van der Waals surface area contributed by atoms with Crippen molar-refractivity contribution in [3.05, 3.63) is 70.2 Å². The summed E-state index contributed by atoms with van der Waals surface area (Å²) in [6.07, 6.45) is 0. The van der Waals surface area contributed by atoms with Gasteiger partial charge < -0.3 is 5.32 Å². The molecule has 0 spiro atoms. The Morgan fingerprint density at radius 3 is 2.58 bits per heavy atom. The fraction of sp³-hybridized carbons (Fsp3) is 0.0714. The lowest BCUT2D eigenvalue weighted by atomic mass is 10.1. The standard InChI is InChI=1S/C14H10ClF2NO/c15-11-6-2-1-4-9(11)8-18-14(19)10-5-3-7-12(16)13(10)17/h1-7H,8H2,(H,18,19). The highest BCUT2D eigenvalue weighted by Crippen LogP contribution is 2.15. The minimum atomic E-state index is -1.15. The molecule has 0 aliphatic heterocycles. The first-order chi connectivity index (χ1) is 9.09. The number of carbonyl (C=O) groups excluding carboxylic acids is 1. The molecule has 2 nitrogen and oxygen atoms in total. The van der Waals surface area contributed by atoms with Crippen molar-refractivity contribution in [3.8, 4) is 0 Å². The van der Waals surface area contributed by atoms with Crippen molar-refractivity contribution in [2.24, 2.45) is 0 Å². The van der Waals surface area contributed by atoms with Crippen LogP contribution in [-0.2, 0) is 6.54 Å². The number of halogens is 3. The van der Waals surface area contributed by atoms with Crippen molar-refractivity contribution in [2.45, 2.75) is 6.54 Å². The van der Waals surface area contributed by atoms with Gasteiger partial charge in [-0.3, -0.25) is 4.79 Å². The third kappa shape index (κ3) is 3.09. The second-order valence-electron chi connectivity index (χ2n) is 3.88. The van der Waals surface area contributed by atoms with E-state index in [2.05, 4.69) is 5.32 Å². The zero-order valence-corrected chi connectivity index (χ0v) is 10.5. The van der Waals surface area contributed by atoms with Crippen molar-refractivity contribution < 1.29 is 13.6 Å². The molecule has 0 saturated heterocycles. The number of benzene rings is 2. The maximum absolute atomic E-state index is 13.4. The molecule has 0 bridgehead atoms. The summed E-state index contributed by atoms with van der Waals surface area (Å²) in [6.45, 7) is 0.147. The van der Waals surface area contributed by atoms with Crippen molar-refractivity contribution in [1.29, 1.82) is 0 Å². The number of carbonyl (C=O) groups is 1. The Balaban J connectivity index is 2.10. The quantitative estimate of drug-likeness (QED) is 0.916. The van der Waals surface area contributed by atoms with Crippen LogP contribution in [0.4, 0.5) is 8.78 Å². The van der Waals surface area contributed by atoms with E-state index in [-0.39, 0.29) is 12.1 Å². The van der Waals surface area contributed by atoms with Crippen LogP contribution in [-0.4, -0.2) is 5.91 Å². The number of rotatable bonds is 3. The van der Waals surface area contributed by atoms with Crippen LogP contribution in [0.3, 0.4) is 0 Å². The van der Waals surface area contributed by atoms with Crippen LogP contribution in [0.15, 0.2) is 42.5 Å². The summed E-state index contributed by atoms with van der Waals surface area (Å²) >= 11 is 5.92. The van der Waals surface area contributed by atoms with Crippen LogP contribution in [0.5, 0.6) is 0 Å². The molecule has 0 heterocycles. The molecule has 5 heteroatoms. The van der Waals surface area contributed by atoms with Gasteiger partial charge in [0.2, 0.25) is 0 Å². The summed E-state index contributed by atoms with van der Waals surface area (Å²) in [5.41, 5.74) is 0.376. The summed E-state index contributed by atoms with van der Waals surface area (Å²) < 4.78 is 26.4. The SMILES string of the molecule is O=C(NCc1ccccc1Cl)c1cccc(F)c1F. The van der Waals surface area contributed by atoms with E-state index < -0.39 is 17.5 Å². The molecule has 98 valence electrons. The second-order valence-corrected chi connectivity index (χ2v) is 4.28. The maximum Gasteiger partial charge on any atom is 0.254 e. The smallest absolute Gasteiger partial charge is 0.254 e. The van der Waals surface area contributed by atoms with Crippen LogP contribution < -0.4 is 5.32 Å². The van der Waals surface area contributed by atoms with Crippen molar-refractivity contribution in [3.63, 3.8) is 0 Å². The Morgan fingerprint density at radius 1 is 1.11 bits per heavy atom. The van der Waals surface area contributed by atoms with Crippen LogP contribution >= 0.6 is 11.6 Å². The molecule has 0 aliphatic carbocycles. The maximum atomic E-state index is 13.4. The van der Waals surface area contributed by atoms with Gasteiger partial charge in [-0.2, -0.15) is 0 Å². The first-order valence-corrected chi connectivity index (χ1v) is 5.93. The Hall–Kier alpha value is -1.94. The minimum absolute atomic E-state index is 0.147. The summed E-state index contributed by atoms with van der Waals surface area (Å²) in [4.78, 5) is 11.7. The van der Waals surface area contributed by atoms with Crippen LogP contribution in [0, 0.1) is 11.6 Å². The van der Waals surface area contributed by atoms with E-state index >= 15 is 0 Å². The Bertz CT molecular complexity index is 616. The lowest BCUT2D eigenvalue weighted by molar-refractivity contribution is 0.0946. The second kappa shape index (κ2) is 5.80. The van der Waals surface area contributed by atoms with E-state index in [1.807, 2.05) is 0 Å². The van der Waals surface area contributed by atoms with Crippen molar-refractivity contribution in [1.82, 2.24) is 5.32 Å². The molecule has 0 unspecified atom stereocenters. The van der Waals surface area contributed by atoms with Gasteiger partial charge in [0.05, 0.1) is 5.56 Å². The average molecular weight is 282 g/mol.